The van der Waals surface area contributed by atoms with E-state index < -0.39 is 23.8 Å². The number of carbonyl (C=O) groups is 3. The molecule has 3 N–H and O–H groups in total. The second-order valence-corrected chi connectivity index (χ2v) is 8.03. The van der Waals surface area contributed by atoms with Crippen LogP contribution in [0.4, 0.5) is 5.69 Å². The van der Waals surface area contributed by atoms with Crippen LogP contribution in [0.1, 0.15) is 38.7 Å². The van der Waals surface area contributed by atoms with Gasteiger partial charge in [0.2, 0.25) is 0 Å². The number of methoxy groups -OCH3 is 2. The van der Waals surface area contributed by atoms with Gasteiger partial charge in [-0.15, -0.1) is 0 Å². The molecule has 2 aromatic carbocycles. The van der Waals surface area contributed by atoms with Crippen LogP contribution in [0.15, 0.2) is 54.9 Å². The highest BCUT2D eigenvalue weighted by atomic mass is 35.5. The third-order valence-electron chi connectivity index (χ3n) is 4.99. The third kappa shape index (κ3) is 6.20. The molecular weight excluding hydrogens is 497 g/mol. The van der Waals surface area contributed by atoms with E-state index in [0.717, 1.165) is 0 Å². The van der Waals surface area contributed by atoms with E-state index in [-0.39, 0.29) is 39.1 Å². The third-order valence-corrected chi connectivity index (χ3v) is 5.56. The zero-order chi connectivity index (χ0) is 25.5. The quantitative estimate of drug-likeness (QED) is 0.378. The van der Waals surface area contributed by atoms with Crippen molar-refractivity contribution < 1.29 is 29.0 Å². The second kappa shape index (κ2) is 11.5. The number of ether oxygens (including phenoxy) is 2. The number of halogens is 2. The van der Waals surface area contributed by atoms with Gasteiger partial charge >= 0.3 is 5.97 Å². The Morgan fingerprint density at radius 2 is 1.49 bits per heavy atom. The van der Waals surface area contributed by atoms with E-state index in [9.17, 15) is 19.5 Å². The largest absolute Gasteiger partial charge is 0.496 e. The van der Waals surface area contributed by atoms with Gasteiger partial charge in [0.1, 0.15) is 17.1 Å². The van der Waals surface area contributed by atoms with Crippen molar-refractivity contribution in [2.45, 2.75) is 12.5 Å². The van der Waals surface area contributed by atoms with Crippen LogP contribution in [-0.4, -0.2) is 42.1 Å². The average Bonchev–Trinajstić information content (AvgIpc) is 2.83. The average molecular weight is 518 g/mol. The summed E-state index contributed by atoms with van der Waals surface area (Å²) < 4.78 is 10.5. The van der Waals surface area contributed by atoms with Gasteiger partial charge in [-0.1, -0.05) is 41.4 Å². The first-order valence-electron chi connectivity index (χ1n) is 10.2. The van der Waals surface area contributed by atoms with Gasteiger partial charge in [0.15, 0.2) is 0 Å². The highest BCUT2D eigenvalue weighted by molar-refractivity contribution is 6.40. The highest BCUT2D eigenvalue weighted by Crippen LogP contribution is 2.30. The molecule has 1 unspecified atom stereocenters. The molecule has 182 valence electrons. The van der Waals surface area contributed by atoms with Crippen LogP contribution in [-0.2, 0) is 4.79 Å². The standard InChI is InChI=1S/C24H21Cl2N3O6/c1-34-18-4-3-5-19(35-2)22(18)24(33)29-17(10-20(30)31)13-6-8-14(9-7-13)28-23(32)21-15(25)11-27-12-16(21)26/h3-9,11-12,17H,10H2,1-2H3,(H,28,32)(H,29,33)(H,30,31). The molecule has 0 aliphatic rings. The Morgan fingerprint density at radius 3 is 2.00 bits per heavy atom. The SMILES string of the molecule is COc1cccc(OC)c1C(=O)NC(CC(=O)O)c1ccc(NC(=O)c2c(Cl)cncc2Cl)cc1. The molecule has 1 aromatic heterocycles. The van der Waals surface area contributed by atoms with Crippen LogP contribution < -0.4 is 20.1 Å². The number of carboxylic acids is 1. The molecule has 0 saturated carbocycles. The van der Waals surface area contributed by atoms with Gasteiger partial charge in [-0.25, -0.2) is 0 Å². The number of carboxylic acid groups (broad SMARTS) is 1. The molecule has 9 nitrogen and oxygen atoms in total. The number of rotatable bonds is 9. The summed E-state index contributed by atoms with van der Waals surface area (Å²) in [5.41, 5.74) is 1.14. The van der Waals surface area contributed by atoms with E-state index in [1.807, 2.05) is 0 Å². The number of nitrogens with zero attached hydrogens (tertiary/aromatic N) is 1. The lowest BCUT2D eigenvalue weighted by molar-refractivity contribution is -0.137. The fourth-order valence-corrected chi connectivity index (χ4v) is 3.89. The summed E-state index contributed by atoms with van der Waals surface area (Å²) >= 11 is 12.1. The van der Waals surface area contributed by atoms with Crippen molar-refractivity contribution in [1.82, 2.24) is 10.3 Å². The summed E-state index contributed by atoms with van der Waals surface area (Å²) in [5, 5.41) is 15.0. The van der Waals surface area contributed by atoms with Crippen molar-refractivity contribution in [2.24, 2.45) is 0 Å². The number of carbonyl (C=O) groups excluding carboxylic acids is 2. The predicted octanol–water partition coefficient (Wildman–Crippen LogP) is 4.60. The number of pyridine rings is 1. The fourth-order valence-electron chi connectivity index (χ4n) is 3.35. The summed E-state index contributed by atoms with van der Waals surface area (Å²) in [4.78, 5) is 40.9. The minimum atomic E-state index is -1.11. The van der Waals surface area contributed by atoms with Crippen molar-refractivity contribution in [3.63, 3.8) is 0 Å². The number of amides is 2. The summed E-state index contributed by atoms with van der Waals surface area (Å²) in [6, 6.07) is 10.3. The molecule has 11 heteroatoms. The molecule has 0 aliphatic heterocycles. The lowest BCUT2D eigenvalue weighted by Gasteiger charge is -2.20. The minimum absolute atomic E-state index is 0.0779. The highest BCUT2D eigenvalue weighted by Gasteiger charge is 2.24. The first-order chi connectivity index (χ1) is 16.7. The van der Waals surface area contributed by atoms with Crippen LogP contribution in [0.5, 0.6) is 11.5 Å². The molecule has 35 heavy (non-hydrogen) atoms. The Kier molecular flexibility index (Phi) is 8.51. The molecule has 3 rings (SSSR count). The topological polar surface area (TPSA) is 127 Å². The van der Waals surface area contributed by atoms with E-state index in [0.29, 0.717) is 11.3 Å². The summed E-state index contributed by atoms with van der Waals surface area (Å²) in [7, 11) is 2.83. The number of benzene rings is 2. The van der Waals surface area contributed by atoms with Crippen molar-refractivity contribution in [3.8, 4) is 11.5 Å². The van der Waals surface area contributed by atoms with Crippen molar-refractivity contribution in [1.29, 1.82) is 0 Å². The van der Waals surface area contributed by atoms with Crippen LogP contribution in [0, 0.1) is 0 Å². The molecule has 0 fully saturated rings. The summed E-state index contributed by atoms with van der Waals surface area (Å²) in [6.45, 7) is 0. The van der Waals surface area contributed by atoms with Gasteiger partial charge in [-0.2, -0.15) is 0 Å². The van der Waals surface area contributed by atoms with Gasteiger partial charge < -0.3 is 25.2 Å². The molecule has 0 radical (unpaired) electrons. The van der Waals surface area contributed by atoms with E-state index >= 15 is 0 Å². The molecule has 0 spiro atoms. The van der Waals surface area contributed by atoms with Gasteiger partial charge in [0, 0.05) is 18.1 Å². The minimum Gasteiger partial charge on any atom is -0.496 e. The van der Waals surface area contributed by atoms with E-state index in [4.69, 9.17) is 32.7 Å². The molecule has 0 aliphatic carbocycles. The predicted molar refractivity (Wildman–Crippen MR) is 131 cm³/mol. The molecule has 0 bridgehead atoms. The Labute approximate surface area is 211 Å². The number of hydrogen-bond donors (Lipinski definition) is 3. The lowest BCUT2D eigenvalue weighted by Crippen LogP contribution is -2.30. The number of aromatic nitrogens is 1. The van der Waals surface area contributed by atoms with Crippen LogP contribution >= 0.6 is 23.2 Å². The maximum absolute atomic E-state index is 13.1. The van der Waals surface area contributed by atoms with Crippen molar-refractivity contribution in [2.75, 3.05) is 19.5 Å². The van der Waals surface area contributed by atoms with E-state index in [2.05, 4.69) is 15.6 Å². The van der Waals surface area contributed by atoms with Crippen LogP contribution in [0.2, 0.25) is 10.0 Å². The maximum atomic E-state index is 13.1. The lowest BCUT2D eigenvalue weighted by atomic mass is 10.0. The maximum Gasteiger partial charge on any atom is 0.305 e. The fraction of sp³-hybridized carbons (Fsp3) is 0.167. The van der Waals surface area contributed by atoms with Crippen LogP contribution in [0.3, 0.4) is 0 Å². The Hall–Kier alpha value is -3.82. The number of nitrogens with one attached hydrogen (secondary N) is 2. The van der Waals surface area contributed by atoms with Gasteiger partial charge in [-0.05, 0) is 29.8 Å². The monoisotopic (exact) mass is 517 g/mol. The molecule has 1 atom stereocenters. The Balaban J connectivity index is 1.82. The zero-order valence-corrected chi connectivity index (χ0v) is 20.2. The number of hydrogen-bond acceptors (Lipinski definition) is 6. The van der Waals surface area contributed by atoms with Gasteiger partial charge in [-0.3, -0.25) is 19.4 Å². The zero-order valence-electron chi connectivity index (χ0n) is 18.7. The van der Waals surface area contributed by atoms with Gasteiger partial charge in [0.05, 0.1) is 42.3 Å². The molecule has 3 aromatic rings. The normalized spacial score (nSPS) is 11.3. The number of anilines is 1. The molecule has 0 saturated heterocycles. The van der Waals surface area contributed by atoms with E-state index in [1.165, 1.54) is 26.6 Å². The summed E-state index contributed by atoms with van der Waals surface area (Å²) in [6.07, 6.45) is 2.24. The van der Waals surface area contributed by atoms with E-state index in [1.54, 1.807) is 42.5 Å². The smallest absolute Gasteiger partial charge is 0.305 e. The first-order valence-corrected chi connectivity index (χ1v) is 10.9. The first kappa shape index (κ1) is 25.8. The molecular formula is C24H21Cl2N3O6. The molecule has 2 amide bonds. The summed E-state index contributed by atoms with van der Waals surface area (Å²) in [5.74, 6) is -1.65. The van der Waals surface area contributed by atoms with Crippen molar-refractivity contribution in [3.05, 3.63) is 81.6 Å². The Morgan fingerprint density at radius 1 is 0.914 bits per heavy atom. The Bertz CT molecular complexity index is 1210. The van der Waals surface area contributed by atoms with Crippen molar-refractivity contribution >= 4 is 46.7 Å². The molecule has 1 heterocycles. The number of aliphatic carboxylic acids is 1. The second-order valence-electron chi connectivity index (χ2n) is 7.22. The van der Waals surface area contributed by atoms with Crippen LogP contribution in [0.25, 0.3) is 0 Å². The van der Waals surface area contributed by atoms with Gasteiger partial charge in [0.25, 0.3) is 11.8 Å².